The fourth-order valence-corrected chi connectivity index (χ4v) is 2.31. The van der Waals surface area contributed by atoms with Gasteiger partial charge < -0.3 is 24.1 Å². The Labute approximate surface area is 120 Å². The monoisotopic (exact) mass is 284 g/mol. The van der Waals surface area contributed by atoms with E-state index in [4.69, 9.17) is 18.9 Å². The van der Waals surface area contributed by atoms with Crippen LogP contribution in [0.15, 0.2) is 0 Å². The predicted octanol–water partition coefficient (Wildman–Crippen LogP) is 2.38. The summed E-state index contributed by atoms with van der Waals surface area (Å²) in [6.45, 7) is 5.97. The molecule has 0 heterocycles. The van der Waals surface area contributed by atoms with Gasteiger partial charge in [0, 0.05) is 21.3 Å². The van der Waals surface area contributed by atoms with E-state index in [9.17, 15) is 5.11 Å². The summed E-state index contributed by atoms with van der Waals surface area (Å²) in [5.74, 6) is 0.646. The first-order valence-corrected chi connectivity index (χ1v) is 6.44. The van der Waals surface area contributed by atoms with E-state index >= 15 is 0 Å². The molecule has 0 spiro atoms. The van der Waals surface area contributed by atoms with Crippen molar-refractivity contribution in [1.82, 2.24) is 0 Å². The molecule has 0 aromatic heterocycles. The Balaban J connectivity index is 3.55. The van der Waals surface area contributed by atoms with Gasteiger partial charge >= 0.3 is 0 Å². The number of methoxy groups -OCH3 is 3. The van der Waals surface area contributed by atoms with Gasteiger partial charge in [0.05, 0.1) is 12.2 Å². The molecule has 0 saturated carbocycles. The van der Waals surface area contributed by atoms with Gasteiger partial charge in [-0.3, -0.25) is 0 Å². The molecule has 0 aliphatic rings. The van der Waals surface area contributed by atoms with E-state index in [-0.39, 0.29) is 13.4 Å². The lowest BCUT2D eigenvalue weighted by molar-refractivity contribution is -0.108. The van der Waals surface area contributed by atoms with Crippen molar-refractivity contribution < 1.29 is 24.1 Å². The zero-order chi connectivity index (χ0) is 15.3. The van der Waals surface area contributed by atoms with E-state index in [1.807, 2.05) is 20.8 Å². The molecular formula is C15H24O5. The topological polar surface area (TPSA) is 57.2 Å². The van der Waals surface area contributed by atoms with Crippen LogP contribution in [0.3, 0.4) is 0 Å². The van der Waals surface area contributed by atoms with E-state index in [1.165, 1.54) is 0 Å². The third-order valence-electron chi connectivity index (χ3n) is 3.63. The summed E-state index contributed by atoms with van der Waals surface area (Å²) in [6, 6.07) is 0. The van der Waals surface area contributed by atoms with Crippen LogP contribution in [0.4, 0.5) is 0 Å². The summed E-state index contributed by atoms with van der Waals surface area (Å²) in [6.07, 6.45) is -0.595. The fourth-order valence-electron chi connectivity index (χ4n) is 2.31. The molecule has 0 unspecified atom stereocenters. The Bertz CT molecular complexity index is 452. The van der Waals surface area contributed by atoms with Gasteiger partial charge in [-0.05, 0) is 43.0 Å². The van der Waals surface area contributed by atoms with Gasteiger partial charge in [0.15, 0.2) is 13.1 Å². The van der Waals surface area contributed by atoms with Gasteiger partial charge in [-0.1, -0.05) is 0 Å². The van der Waals surface area contributed by atoms with Crippen LogP contribution in [0.1, 0.15) is 34.1 Å². The average molecular weight is 284 g/mol. The fraction of sp³-hybridized carbons (Fsp3) is 0.600. The maximum atomic E-state index is 9.71. The molecule has 0 saturated heterocycles. The smallest absolute Gasteiger partial charge is 0.188 e. The molecule has 0 fully saturated rings. The SMILES string of the molecule is COCOc1c(C)c(C)c(C)c(CO)c1C(OC)OC. The van der Waals surface area contributed by atoms with Crippen molar-refractivity contribution in [3.8, 4) is 5.75 Å². The number of aliphatic hydroxyl groups is 1. The minimum absolute atomic E-state index is 0.102. The summed E-state index contributed by atoms with van der Waals surface area (Å²) in [5.41, 5.74) is 4.58. The third kappa shape index (κ3) is 3.12. The Morgan fingerprint density at radius 2 is 1.55 bits per heavy atom. The van der Waals surface area contributed by atoms with Crippen molar-refractivity contribution in [1.29, 1.82) is 0 Å². The minimum Gasteiger partial charge on any atom is -0.467 e. The lowest BCUT2D eigenvalue weighted by atomic mass is 9.92. The highest BCUT2D eigenvalue weighted by atomic mass is 16.7. The highest BCUT2D eigenvalue weighted by molar-refractivity contribution is 5.55. The van der Waals surface area contributed by atoms with Crippen LogP contribution < -0.4 is 4.74 Å². The van der Waals surface area contributed by atoms with Crippen LogP contribution in [-0.2, 0) is 20.8 Å². The first-order chi connectivity index (χ1) is 9.53. The van der Waals surface area contributed by atoms with E-state index < -0.39 is 6.29 Å². The van der Waals surface area contributed by atoms with Gasteiger partial charge in [0.2, 0.25) is 0 Å². The second kappa shape index (κ2) is 7.59. The van der Waals surface area contributed by atoms with Crippen molar-refractivity contribution in [3.05, 3.63) is 27.8 Å². The number of benzene rings is 1. The quantitative estimate of drug-likeness (QED) is 0.779. The minimum atomic E-state index is -0.595. The number of hydrogen-bond donors (Lipinski definition) is 1. The Kier molecular flexibility index (Phi) is 6.42. The molecule has 1 aromatic carbocycles. The van der Waals surface area contributed by atoms with Crippen LogP contribution in [0.25, 0.3) is 0 Å². The van der Waals surface area contributed by atoms with Gasteiger partial charge in [-0.2, -0.15) is 0 Å². The lowest BCUT2D eigenvalue weighted by Crippen LogP contribution is -2.15. The van der Waals surface area contributed by atoms with Gasteiger partial charge in [-0.25, -0.2) is 0 Å². The molecule has 1 aromatic rings. The van der Waals surface area contributed by atoms with Crippen LogP contribution in [0.5, 0.6) is 5.75 Å². The molecule has 5 heteroatoms. The summed E-state index contributed by atoms with van der Waals surface area (Å²) >= 11 is 0. The second-order valence-corrected chi connectivity index (χ2v) is 4.61. The average Bonchev–Trinajstić information content (AvgIpc) is 2.46. The maximum absolute atomic E-state index is 9.71. The second-order valence-electron chi connectivity index (χ2n) is 4.61. The van der Waals surface area contributed by atoms with Crippen LogP contribution in [-0.4, -0.2) is 33.2 Å². The standard InChI is InChI=1S/C15H24O5/c1-9-10(2)12(7-16)13(15(18-5)19-6)14(11(9)3)20-8-17-4/h15-16H,7-8H2,1-6H3. The van der Waals surface area contributed by atoms with Crippen molar-refractivity contribution >= 4 is 0 Å². The van der Waals surface area contributed by atoms with E-state index in [0.717, 1.165) is 27.8 Å². The van der Waals surface area contributed by atoms with Crippen LogP contribution in [0, 0.1) is 20.8 Å². The lowest BCUT2D eigenvalue weighted by Gasteiger charge is -2.25. The highest BCUT2D eigenvalue weighted by Crippen LogP contribution is 2.38. The molecule has 114 valence electrons. The Hall–Kier alpha value is -1.14. The van der Waals surface area contributed by atoms with Crippen molar-refractivity contribution in [2.45, 2.75) is 33.7 Å². The zero-order valence-corrected chi connectivity index (χ0v) is 13.1. The number of aliphatic hydroxyl groups excluding tert-OH is 1. The molecule has 1 N–H and O–H groups in total. The zero-order valence-electron chi connectivity index (χ0n) is 13.1. The van der Waals surface area contributed by atoms with E-state index in [0.29, 0.717) is 5.75 Å². The molecule has 0 radical (unpaired) electrons. The molecule has 0 atom stereocenters. The highest BCUT2D eigenvalue weighted by Gasteiger charge is 2.25. The van der Waals surface area contributed by atoms with Crippen molar-refractivity contribution in [2.75, 3.05) is 28.1 Å². The summed E-state index contributed by atoms with van der Waals surface area (Å²) < 4.78 is 21.4. The number of hydrogen-bond acceptors (Lipinski definition) is 5. The molecule has 0 amide bonds. The first-order valence-electron chi connectivity index (χ1n) is 6.44. The van der Waals surface area contributed by atoms with Crippen LogP contribution >= 0.6 is 0 Å². The van der Waals surface area contributed by atoms with E-state index in [2.05, 4.69) is 0 Å². The van der Waals surface area contributed by atoms with E-state index in [1.54, 1.807) is 21.3 Å². The Morgan fingerprint density at radius 1 is 0.950 bits per heavy atom. The van der Waals surface area contributed by atoms with Crippen LogP contribution in [0.2, 0.25) is 0 Å². The van der Waals surface area contributed by atoms with Crippen molar-refractivity contribution in [2.24, 2.45) is 0 Å². The predicted molar refractivity (Wildman–Crippen MR) is 75.8 cm³/mol. The maximum Gasteiger partial charge on any atom is 0.188 e. The molecule has 0 aliphatic carbocycles. The molecule has 0 aliphatic heterocycles. The third-order valence-corrected chi connectivity index (χ3v) is 3.63. The summed E-state index contributed by atoms with van der Waals surface area (Å²) in [7, 11) is 4.67. The number of ether oxygens (including phenoxy) is 4. The summed E-state index contributed by atoms with van der Waals surface area (Å²) in [5, 5.41) is 9.71. The molecule has 0 bridgehead atoms. The Morgan fingerprint density at radius 3 is 2.00 bits per heavy atom. The number of rotatable bonds is 7. The van der Waals surface area contributed by atoms with Gasteiger partial charge in [0.25, 0.3) is 0 Å². The van der Waals surface area contributed by atoms with Crippen molar-refractivity contribution in [3.63, 3.8) is 0 Å². The van der Waals surface area contributed by atoms with Gasteiger partial charge in [0.1, 0.15) is 5.75 Å². The summed E-state index contributed by atoms with van der Waals surface area (Å²) in [4.78, 5) is 0. The molecule has 5 nitrogen and oxygen atoms in total. The normalized spacial score (nSPS) is 11.2. The largest absolute Gasteiger partial charge is 0.467 e. The molecule has 20 heavy (non-hydrogen) atoms. The molecular weight excluding hydrogens is 260 g/mol. The first kappa shape index (κ1) is 16.9. The van der Waals surface area contributed by atoms with Gasteiger partial charge in [-0.15, -0.1) is 0 Å². The molecule has 1 rings (SSSR count).